The molecule has 4 heterocycles. The fraction of sp³-hybridized carbons (Fsp3) is 0.682. The number of carbonyl (C=O) groups is 1. The summed E-state index contributed by atoms with van der Waals surface area (Å²) in [4.78, 5) is 17.1. The van der Waals surface area contributed by atoms with Crippen molar-refractivity contribution in [2.24, 2.45) is 5.92 Å². The second kappa shape index (κ2) is 8.10. The molecule has 4 heteroatoms. The lowest BCUT2D eigenvalue weighted by Crippen LogP contribution is -2.60. The van der Waals surface area contributed by atoms with Gasteiger partial charge in [-0.1, -0.05) is 30.3 Å². The zero-order valence-corrected chi connectivity index (χ0v) is 16.0. The van der Waals surface area contributed by atoms with Crippen molar-refractivity contribution in [1.82, 2.24) is 9.80 Å². The molecule has 26 heavy (non-hydrogen) atoms. The first-order valence-electron chi connectivity index (χ1n) is 10.5. The van der Waals surface area contributed by atoms with E-state index in [0.29, 0.717) is 31.0 Å². The minimum Gasteiger partial charge on any atom is -0.466 e. The fourth-order valence-corrected chi connectivity index (χ4v) is 5.60. The maximum atomic E-state index is 11.6. The number of likely N-dealkylation sites (tertiary alicyclic amines) is 1. The van der Waals surface area contributed by atoms with E-state index in [9.17, 15) is 4.79 Å². The van der Waals surface area contributed by atoms with Crippen LogP contribution in [-0.2, 0) is 9.53 Å². The molecule has 0 N–H and O–H groups in total. The summed E-state index contributed by atoms with van der Waals surface area (Å²) in [6, 6.07) is 12.5. The van der Waals surface area contributed by atoms with E-state index >= 15 is 0 Å². The first kappa shape index (κ1) is 18.0. The second-order valence-corrected chi connectivity index (χ2v) is 8.13. The molecule has 142 valence electrons. The van der Waals surface area contributed by atoms with Crippen LogP contribution in [0.3, 0.4) is 0 Å². The Kier molecular flexibility index (Phi) is 5.60. The molecule has 3 atom stereocenters. The molecule has 2 bridgehead atoms. The number of fused-ring (bicyclic) bond motifs is 2. The molecule has 0 aromatic heterocycles. The maximum absolute atomic E-state index is 11.6. The van der Waals surface area contributed by atoms with Crippen molar-refractivity contribution < 1.29 is 9.53 Å². The van der Waals surface area contributed by atoms with Gasteiger partial charge in [-0.3, -0.25) is 14.6 Å². The highest BCUT2D eigenvalue weighted by molar-refractivity contribution is 5.69. The van der Waals surface area contributed by atoms with Gasteiger partial charge in [-0.25, -0.2) is 0 Å². The smallest absolute Gasteiger partial charge is 0.305 e. The highest BCUT2D eigenvalue weighted by atomic mass is 16.5. The lowest BCUT2D eigenvalue weighted by molar-refractivity contribution is -0.143. The molecule has 0 spiro atoms. The summed E-state index contributed by atoms with van der Waals surface area (Å²) in [6.45, 7) is 7.22. The minimum atomic E-state index is -0.0446. The molecule has 0 saturated carbocycles. The Hall–Kier alpha value is -1.39. The Bertz CT molecular complexity index is 597. The van der Waals surface area contributed by atoms with Gasteiger partial charge in [-0.05, 0) is 63.7 Å². The second-order valence-electron chi connectivity index (χ2n) is 8.13. The highest BCUT2D eigenvalue weighted by Gasteiger charge is 2.52. The lowest BCUT2D eigenvalue weighted by Gasteiger charge is -2.51. The molecule has 4 aliphatic rings. The number of hydrogen-bond donors (Lipinski definition) is 0. The molecule has 0 unspecified atom stereocenters. The van der Waals surface area contributed by atoms with E-state index in [4.69, 9.17) is 4.74 Å². The molecular formula is C22H32N2O2. The van der Waals surface area contributed by atoms with E-state index in [1.165, 1.54) is 38.0 Å². The number of piperidine rings is 3. The zero-order valence-electron chi connectivity index (χ0n) is 16.0. The van der Waals surface area contributed by atoms with E-state index in [1.807, 2.05) is 6.92 Å². The van der Waals surface area contributed by atoms with Crippen LogP contribution in [0.4, 0.5) is 0 Å². The van der Waals surface area contributed by atoms with Crippen LogP contribution in [0.5, 0.6) is 0 Å². The van der Waals surface area contributed by atoms with E-state index in [-0.39, 0.29) is 5.97 Å². The number of rotatable bonds is 7. The molecule has 0 aliphatic carbocycles. The van der Waals surface area contributed by atoms with Crippen molar-refractivity contribution in [2.45, 2.75) is 57.0 Å². The number of benzene rings is 1. The van der Waals surface area contributed by atoms with Crippen molar-refractivity contribution in [1.29, 1.82) is 0 Å². The minimum absolute atomic E-state index is 0.0446. The van der Waals surface area contributed by atoms with Gasteiger partial charge in [0.2, 0.25) is 0 Å². The quantitative estimate of drug-likeness (QED) is 0.554. The third-order valence-electron chi connectivity index (χ3n) is 6.70. The Morgan fingerprint density at radius 1 is 1.12 bits per heavy atom. The number of unbranched alkanes of at least 4 members (excludes halogenated alkanes) is 1. The van der Waals surface area contributed by atoms with E-state index in [1.54, 1.807) is 0 Å². The monoisotopic (exact) mass is 356 g/mol. The van der Waals surface area contributed by atoms with Gasteiger partial charge in [0.05, 0.1) is 6.61 Å². The van der Waals surface area contributed by atoms with Gasteiger partial charge < -0.3 is 4.74 Å². The normalized spacial score (nSPS) is 33.2. The predicted molar refractivity (Wildman–Crippen MR) is 103 cm³/mol. The molecule has 0 radical (unpaired) electrons. The van der Waals surface area contributed by atoms with Crippen LogP contribution in [0.15, 0.2) is 30.3 Å². The first-order valence-corrected chi connectivity index (χ1v) is 10.5. The molecule has 5 rings (SSSR count). The van der Waals surface area contributed by atoms with Gasteiger partial charge in [-0.15, -0.1) is 0 Å². The van der Waals surface area contributed by atoms with Crippen LogP contribution in [0.2, 0.25) is 0 Å². The number of hydrogen-bond acceptors (Lipinski definition) is 4. The highest BCUT2D eigenvalue weighted by Crippen LogP contribution is 2.46. The lowest BCUT2D eigenvalue weighted by atomic mass is 9.75. The average Bonchev–Trinajstić information content (AvgIpc) is 3.09. The number of nitrogens with zero attached hydrogens (tertiary/aromatic N) is 2. The summed E-state index contributed by atoms with van der Waals surface area (Å²) < 4.78 is 5.06. The standard InChI is InChI=1S/C22H32N2O2/c1-2-26-20(25)10-6-7-13-24-16-19(17-8-4-3-5-9-17)22-21(24)18-11-14-23(22)15-12-18/h3-5,8-9,18-19,21-22H,2,6-7,10-16H2,1H3/t19-,21-,22-/m1/s1. The van der Waals surface area contributed by atoms with Gasteiger partial charge in [-0.2, -0.15) is 0 Å². The van der Waals surface area contributed by atoms with Gasteiger partial charge in [0.15, 0.2) is 0 Å². The third-order valence-corrected chi connectivity index (χ3v) is 6.70. The molecular weight excluding hydrogens is 324 g/mol. The van der Waals surface area contributed by atoms with Crippen molar-refractivity contribution in [3.8, 4) is 0 Å². The fourth-order valence-electron chi connectivity index (χ4n) is 5.60. The van der Waals surface area contributed by atoms with Crippen molar-refractivity contribution in [2.75, 3.05) is 32.8 Å². The summed E-state index contributed by atoms with van der Waals surface area (Å²) in [6.07, 6.45) is 5.32. The van der Waals surface area contributed by atoms with E-state index < -0.39 is 0 Å². The number of carbonyl (C=O) groups excluding carboxylic acids is 1. The molecule has 4 aliphatic heterocycles. The largest absolute Gasteiger partial charge is 0.466 e. The Morgan fingerprint density at radius 3 is 2.62 bits per heavy atom. The van der Waals surface area contributed by atoms with Gasteiger partial charge in [0.25, 0.3) is 0 Å². The summed E-state index contributed by atoms with van der Waals surface area (Å²) >= 11 is 0. The molecule has 1 aromatic rings. The summed E-state index contributed by atoms with van der Waals surface area (Å²) in [5, 5.41) is 0. The third kappa shape index (κ3) is 3.54. The molecule has 0 amide bonds. The van der Waals surface area contributed by atoms with Crippen LogP contribution < -0.4 is 0 Å². The summed E-state index contributed by atoms with van der Waals surface area (Å²) in [5.41, 5.74) is 1.50. The summed E-state index contributed by atoms with van der Waals surface area (Å²) in [5.74, 6) is 1.45. The van der Waals surface area contributed by atoms with Crippen LogP contribution >= 0.6 is 0 Å². The van der Waals surface area contributed by atoms with E-state index in [2.05, 4.69) is 40.1 Å². The topological polar surface area (TPSA) is 32.8 Å². The molecule has 4 nitrogen and oxygen atoms in total. The Balaban J connectivity index is 1.41. The zero-order chi connectivity index (χ0) is 17.9. The molecule has 4 saturated heterocycles. The van der Waals surface area contributed by atoms with Gasteiger partial charge in [0, 0.05) is 31.0 Å². The van der Waals surface area contributed by atoms with Crippen LogP contribution in [0.1, 0.15) is 50.5 Å². The molecule has 1 aromatic carbocycles. The predicted octanol–water partition coefficient (Wildman–Crippen LogP) is 3.28. The SMILES string of the molecule is CCOC(=O)CCCCN1C[C@H](c2ccccc2)[C@@H]2[C@H]1C1CCN2CC1. The van der Waals surface area contributed by atoms with Crippen molar-refractivity contribution in [3.63, 3.8) is 0 Å². The summed E-state index contributed by atoms with van der Waals surface area (Å²) in [7, 11) is 0. The van der Waals surface area contributed by atoms with Crippen molar-refractivity contribution >= 4 is 5.97 Å². The van der Waals surface area contributed by atoms with Crippen LogP contribution in [0, 0.1) is 5.92 Å². The van der Waals surface area contributed by atoms with Crippen LogP contribution in [-0.4, -0.2) is 60.6 Å². The Morgan fingerprint density at radius 2 is 1.88 bits per heavy atom. The average molecular weight is 357 g/mol. The number of esters is 1. The number of ether oxygens (including phenoxy) is 1. The molecule has 4 fully saturated rings. The van der Waals surface area contributed by atoms with E-state index in [0.717, 1.165) is 25.3 Å². The van der Waals surface area contributed by atoms with Gasteiger partial charge in [0.1, 0.15) is 0 Å². The Labute approximate surface area is 157 Å². The van der Waals surface area contributed by atoms with Gasteiger partial charge >= 0.3 is 5.97 Å². The maximum Gasteiger partial charge on any atom is 0.305 e. The van der Waals surface area contributed by atoms with Crippen molar-refractivity contribution in [3.05, 3.63) is 35.9 Å². The first-order chi connectivity index (χ1) is 12.8. The van der Waals surface area contributed by atoms with Crippen LogP contribution in [0.25, 0.3) is 0 Å².